The molecule has 3 aromatic rings. The van der Waals surface area contributed by atoms with Crippen LogP contribution in [0.25, 0.3) is 11.5 Å². The molecule has 0 saturated heterocycles. The Morgan fingerprint density at radius 3 is 2.46 bits per heavy atom. The molecule has 138 valence electrons. The van der Waals surface area contributed by atoms with Crippen molar-refractivity contribution >= 4 is 0 Å². The van der Waals surface area contributed by atoms with E-state index in [1.54, 1.807) is 0 Å². The zero-order valence-corrected chi connectivity index (χ0v) is 17.4. The summed E-state index contributed by atoms with van der Waals surface area (Å²) in [4.78, 5) is 12.7. The molecule has 8 nitrogen and oxygen atoms in total. The van der Waals surface area contributed by atoms with Gasteiger partial charge < -0.3 is 19.1 Å². The number of aromatic nitrogens is 4. The molecule has 9 heteroatoms. The maximum absolute atomic E-state index is 11.1. The van der Waals surface area contributed by atoms with Crippen molar-refractivity contribution in [1.82, 2.24) is 20.1 Å². The minimum Gasteiger partial charge on any atom is -0.856 e. The number of rotatable bonds is 6. The van der Waals surface area contributed by atoms with Gasteiger partial charge >= 0.3 is 29.6 Å². The Morgan fingerprint density at radius 1 is 0.964 bits per heavy atom. The van der Waals surface area contributed by atoms with E-state index < -0.39 is 5.88 Å². The molecule has 2 aliphatic carbocycles. The van der Waals surface area contributed by atoms with E-state index in [4.69, 9.17) is 14.0 Å². The van der Waals surface area contributed by atoms with Crippen molar-refractivity contribution in [1.29, 1.82) is 0 Å². The zero-order chi connectivity index (χ0) is 18.2. The second kappa shape index (κ2) is 8.06. The summed E-state index contributed by atoms with van der Waals surface area (Å²) < 4.78 is 16.5. The van der Waals surface area contributed by atoms with Crippen LogP contribution in [0.4, 0.5) is 0 Å². The first-order valence-electron chi connectivity index (χ1n) is 8.98. The minimum atomic E-state index is -0.436. The van der Waals surface area contributed by atoms with Gasteiger partial charge in [-0.2, -0.15) is 0 Å². The summed E-state index contributed by atoms with van der Waals surface area (Å²) in [5.41, 5.74) is 1.68. The maximum Gasteiger partial charge on any atom is 1.00 e. The third-order valence-corrected chi connectivity index (χ3v) is 4.79. The molecule has 0 bridgehead atoms. The van der Waals surface area contributed by atoms with Gasteiger partial charge in [0.15, 0.2) is 5.76 Å². The Morgan fingerprint density at radius 2 is 1.79 bits per heavy atom. The predicted octanol–water partition coefficient (Wildman–Crippen LogP) is -0.530. The molecule has 3 heterocycles. The Hall–Kier alpha value is -2.16. The molecule has 0 atom stereocenters. The van der Waals surface area contributed by atoms with Crippen molar-refractivity contribution in [2.24, 2.45) is 0 Å². The van der Waals surface area contributed by atoms with Crippen LogP contribution in [0, 0.1) is 0 Å². The van der Waals surface area contributed by atoms with Crippen LogP contribution in [-0.2, 0) is 0 Å². The number of hydrogen-bond acceptors (Lipinski definition) is 8. The second-order valence-corrected chi connectivity index (χ2v) is 6.92. The SMILES string of the molecule is [Na+].[O-]c1cc(-c2cnc(O[C@H]3C[C@H](c4ccnc(OC5CC5)c4)C3)cn2)on1. The van der Waals surface area contributed by atoms with Crippen molar-refractivity contribution in [3.63, 3.8) is 0 Å². The average molecular weight is 388 g/mol. The van der Waals surface area contributed by atoms with Crippen molar-refractivity contribution in [2.75, 3.05) is 0 Å². The third-order valence-electron chi connectivity index (χ3n) is 4.79. The van der Waals surface area contributed by atoms with Gasteiger partial charge in [0.1, 0.15) is 17.9 Å². The molecule has 0 spiro atoms. The fraction of sp³-hybridized carbons (Fsp3) is 0.368. The summed E-state index contributed by atoms with van der Waals surface area (Å²) in [6, 6.07) is 5.35. The predicted molar refractivity (Wildman–Crippen MR) is 91.3 cm³/mol. The molecule has 2 aliphatic rings. The van der Waals surface area contributed by atoms with Crippen LogP contribution in [0.2, 0.25) is 0 Å². The van der Waals surface area contributed by atoms with Crippen molar-refractivity contribution in [3.8, 4) is 29.1 Å². The summed E-state index contributed by atoms with van der Waals surface area (Å²) in [5, 5.41) is 14.4. The molecule has 2 fully saturated rings. The molecule has 28 heavy (non-hydrogen) atoms. The van der Waals surface area contributed by atoms with E-state index >= 15 is 0 Å². The molecule has 0 unspecified atom stereocenters. The summed E-state index contributed by atoms with van der Waals surface area (Å²) in [7, 11) is 0. The first-order valence-corrected chi connectivity index (χ1v) is 8.98. The van der Waals surface area contributed by atoms with Crippen LogP contribution in [0.1, 0.15) is 37.2 Å². The van der Waals surface area contributed by atoms with Gasteiger partial charge in [-0.1, -0.05) is 5.16 Å². The Labute approximate surface area is 183 Å². The monoisotopic (exact) mass is 388 g/mol. The molecular formula is C19H17N4NaO4. The molecule has 0 aliphatic heterocycles. The molecule has 2 saturated carbocycles. The van der Waals surface area contributed by atoms with E-state index in [1.807, 2.05) is 18.3 Å². The van der Waals surface area contributed by atoms with Crippen LogP contribution in [0.15, 0.2) is 41.3 Å². The number of pyridine rings is 1. The number of ether oxygens (including phenoxy) is 2. The number of nitrogens with zero attached hydrogens (tertiary/aromatic N) is 4. The Balaban J connectivity index is 0.00000192. The summed E-state index contributed by atoms with van der Waals surface area (Å²) in [5.74, 6) is 1.47. The normalized spacial score (nSPS) is 20.7. The summed E-state index contributed by atoms with van der Waals surface area (Å²) >= 11 is 0. The second-order valence-electron chi connectivity index (χ2n) is 6.92. The smallest absolute Gasteiger partial charge is 0.856 e. The summed E-state index contributed by atoms with van der Waals surface area (Å²) in [6.45, 7) is 0. The van der Waals surface area contributed by atoms with E-state index in [-0.39, 0.29) is 35.7 Å². The minimum absolute atomic E-state index is 0. The van der Waals surface area contributed by atoms with E-state index in [0.29, 0.717) is 29.4 Å². The fourth-order valence-corrected chi connectivity index (χ4v) is 3.09. The van der Waals surface area contributed by atoms with Gasteiger partial charge in [0.2, 0.25) is 11.8 Å². The van der Waals surface area contributed by atoms with E-state index in [2.05, 4.69) is 20.1 Å². The number of hydrogen-bond donors (Lipinski definition) is 0. The topological polar surface area (TPSA) is 106 Å². The van der Waals surface area contributed by atoms with Crippen LogP contribution < -0.4 is 44.1 Å². The molecular weight excluding hydrogens is 371 g/mol. The van der Waals surface area contributed by atoms with Crippen molar-refractivity contribution in [3.05, 3.63) is 42.4 Å². The largest absolute Gasteiger partial charge is 1.00 e. The van der Waals surface area contributed by atoms with E-state index in [0.717, 1.165) is 31.6 Å². The first-order chi connectivity index (χ1) is 13.2. The van der Waals surface area contributed by atoms with Gasteiger partial charge in [0.25, 0.3) is 0 Å². The molecule has 0 radical (unpaired) electrons. The zero-order valence-electron chi connectivity index (χ0n) is 15.4. The van der Waals surface area contributed by atoms with E-state index in [9.17, 15) is 5.11 Å². The molecule has 0 N–H and O–H groups in total. The summed E-state index contributed by atoms with van der Waals surface area (Å²) in [6.07, 6.45) is 9.38. The average Bonchev–Trinajstić information content (AvgIpc) is 3.36. The molecule has 0 aromatic carbocycles. The molecule has 3 aromatic heterocycles. The molecule has 5 rings (SSSR count). The maximum atomic E-state index is 11.1. The molecule has 0 amide bonds. The third kappa shape index (κ3) is 4.29. The van der Waals surface area contributed by atoms with Crippen LogP contribution >= 0.6 is 0 Å². The van der Waals surface area contributed by atoms with Gasteiger partial charge in [0.05, 0.1) is 12.4 Å². The van der Waals surface area contributed by atoms with Gasteiger partial charge in [-0.05, 0) is 43.2 Å². The van der Waals surface area contributed by atoms with Crippen LogP contribution in [0.5, 0.6) is 17.6 Å². The van der Waals surface area contributed by atoms with Crippen LogP contribution in [-0.4, -0.2) is 32.3 Å². The first kappa shape index (κ1) is 19.2. The van der Waals surface area contributed by atoms with E-state index in [1.165, 1.54) is 24.0 Å². The van der Waals surface area contributed by atoms with Crippen molar-refractivity contribution in [2.45, 2.75) is 43.8 Å². The van der Waals surface area contributed by atoms with Gasteiger partial charge in [0, 0.05) is 24.2 Å². The quantitative estimate of drug-likeness (QED) is 0.519. The fourth-order valence-electron chi connectivity index (χ4n) is 3.09. The standard InChI is InChI=1S/C19H18N4O4.Na/c24-17-8-16(27-23-17)15-9-22-19(10-21-15)26-14-5-12(6-14)11-3-4-20-18(7-11)25-13-1-2-13;/h3-4,7-10,12-14H,1-2,5-6H2,(H,23,24);/q;+1/p-1/t12-,14-;. The van der Waals surface area contributed by atoms with Gasteiger partial charge in [-0.3, -0.25) is 0 Å². The van der Waals surface area contributed by atoms with Crippen LogP contribution in [0.3, 0.4) is 0 Å². The Kier molecular flexibility index (Phi) is 5.52. The van der Waals surface area contributed by atoms with Crippen molar-refractivity contribution < 1.29 is 48.7 Å². The Bertz CT molecular complexity index is 939. The van der Waals surface area contributed by atoms with Gasteiger partial charge in [-0.25, -0.2) is 15.0 Å². The van der Waals surface area contributed by atoms with Gasteiger partial charge in [-0.15, -0.1) is 0 Å².